The van der Waals surface area contributed by atoms with E-state index in [1.54, 1.807) is 0 Å². The van der Waals surface area contributed by atoms with Crippen molar-refractivity contribution in [3.63, 3.8) is 0 Å². The molecule has 0 unspecified atom stereocenters. The van der Waals surface area contributed by atoms with Gasteiger partial charge < -0.3 is 4.42 Å². The van der Waals surface area contributed by atoms with E-state index in [-0.39, 0.29) is 16.2 Å². The molecule has 1 nitrogen and oxygen atoms in total. The first-order chi connectivity index (χ1) is 26.0. The molecule has 3 aliphatic carbocycles. The molecule has 0 aliphatic heterocycles. The Bertz CT molecular complexity index is 2840. The zero-order valence-corrected chi connectivity index (χ0v) is 31.8. The first-order valence-electron chi connectivity index (χ1n) is 19.3. The van der Waals surface area contributed by atoms with E-state index >= 15 is 0 Å². The molecule has 7 aromatic carbocycles. The molecular formula is C53H42O. The summed E-state index contributed by atoms with van der Waals surface area (Å²) in [5.41, 5.74) is 23.4. The van der Waals surface area contributed by atoms with Crippen LogP contribution in [0.25, 0.3) is 77.9 Å². The van der Waals surface area contributed by atoms with Gasteiger partial charge in [0.15, 0.2) is 0 Å². The Labute approximate surface area is 318 Å². The van der Waals surface area contributed by atoms with Crippen LogP contribution in [0.2, 0.25) is 0 Å². The van der Waals surface area contributed by atoms with E-state index < -0.39 is 0 Å². The van der Waals surface area contributed by atoms with Gasteiger partial charge in [0, 0.05) is 27.2 Å². The van der Waals surface area contributed by atoms with Crippen LogP contribution >= 0.6 is 0 Å². The maximum atomic E-state index is 6.32. The quantitative estimate of drug-likeness (QED) is 0.179. The fourth-order valence-electron chi connectivity index (χ4n) is 10.1. The monoisotopic (exact) mass is 694 g/mol. The van der Waals surface area contributed by atoms with Gasteiger partial charge in [0.25, 0.3) is 0 Å². The molecule has 1 heterocycles. The second kappa shape index (κ2) is 10.6. The van der Waals surface area contributed by atoms with Gasteiger partial charge in [0.1, 0.15) is 11.3 Å². The van der Waals surface area contributed by atoms with Crippen molar-refractivity contribution in [1.29, 1.82) is 0 Å². The SMILES string of the molecule is CC1(C)c2cc(-c3ccc(-c4ccccc4)cc3)ccc2-c2cc3c(cc21)-c1cc2c(cc1C3(C)C)-c1ccc(-c3cc4ccccc4o3)cc1C2(C)C. The minimum absolute atomic E-state index is 0.119. The third-order valence-corrected chi connectivity index (χ3v) is 13.3. The second-order valence-electron chi connectivity index (χ2n) is 17.4. The maximum Gasteiger partial charge on any atom is 0.135 e. The molecule has 0 radical (unpaired) electrons. The zero-order chi connectivity index (χ0) is 36.7. The number of benzene rings is 7. The van der Waals surface area contributed by atoms with E-state index in [2.05, 4.69) is 175 Å². The summed E-state index contributed by atoms with van der Waals surface area (Å²) in [6.07, 6.45) is 0. The third-order valence-electron chi connectivity index (χ3n) is 13.3. The average Bonchev–Trinajstić information content (AvgIpc) is 3.85. The predicted molar refractivity (Wildman–Crippen MR) is 225 cm³/mol. The summed E-state index contributed by atoms with van der Waals surface area (Å²) < 4.78 is 6.32. The summed E-state index contributed by atoms with van der Waals surface area (Å²) in [4.78, 5) is 0. The molecule has 3 aliphatic rings. The molecule has 0 amide bonds. The third kappa shape index (κ3) is 4.21. The summed E-state index contributed by atoms with van der Waals surface area (Å²) in [7, 11) is 0. The molecule has 0 bridgehead atoms. The van der Waals surface area contributed by atoms with Gasteiger partial charge in [-0.2, -0.15) is 0 Å². The van der Waals surface area contributed by atoms with Crippen molar-refractivity contribution in [2.75, 3.05) is 0 Å². The van der Waals surface area contributed by atoms with Gasteiger partial charge in [-0.3, -0.25) is 0 Å². The van der Waals surface area contributed by atoms with E-state index in [1.165, 1.54) is 89.0 Å². The summed E-state index contributed by atoms with van der Waals surface area (Å²) in [6, 6.07) is 54.3. The van der Waals surface area contributed by atoms with E-state index in [4.69, 9.17) is 4.42 Å². The normalized spacial score (nSPS) is 16.0. The van der Waals surface area contributed by atoms with E-state index in [0.717, 1.165) is 22.3 Å². The minimum Gasteiger partial charge on any atom is -0.456 e. The molecule has 1 heteroatoms. The lowest BCUT2D eigenvalue weighted by molar-refractivity contribution is 0.630. The van der Waals surface area contributed by atoms with E-state index in [1.807, 2.05) is 12.1 Å². The molecule has 0 fully saturated rings. The first-order valence-corrected chi connectivity index (χ1v) is 19.3. The summed E-state index contributed by atoms with van der Waals surface area (Å²) in [5.74, 6) is 0.925. The highest BCUT2D eigenvalue weighted by atomic mass is 16.3. The summed E-state index contributed by atoms with van der Waals surface area (Å²) in [6.45, 7) is 14.5. The fraction of sp³-hybridized carbons (Fsp3) is 0.170. The second-order valence-corrected chi connectivity index (χ2v) is 17.4. The molecule has 0 spiro atoms. The lowest BCUT2D eigenvalue weighted by Crippen LogP contribution is -2.17. The number of rotatable bonds is 3. The average molecular weight is 695 g/mol. The number of fused-ring (bicyclic) bond motifs is 10. The number of hydrogen-bond donors (Lipinski definition) is 0. The van der Waals surface area contributed by atoms with Gasteiger partial charge in [-0.25, -0.2) is 0 Å². The van der Waals surface area contributed by atoms with Gasteiger partial charge in [-0.15, -0.1) is 0 Å². The van der Waals surface area contributed by atoms with Crippen LogP contribution in [-0.2, 0) is 16.2 Å². The number of furan rings is 1. The highest BCUT2D eigenvalue weighted by Crippen LogP contribution is 2.59. The Hall–Kier alpha value is -5.92. The lowest BCUT2D eigenvalue weighted by Gasteiger charge is -2.25. The Morgan fingerprint density at radius 1 is 0.315 bits per heavy atom. The first kappa shape index (κ1) is 31.6. The van der Waals surface area contributed by atoms with Crippen molar-refractivity contribution in [2.24, 2.45) is 0 Å². The van der Waals surface area contributed by atoms with Crippen molar-refractivity contribution in [3.8, 4) is 67.0 Å². The fourth-order valence-corrected chi connectivity index (χ4v) is 10.1. The highest BCUT2D eigenvalue weighted by Gasteiger charge is 2.44. The Balaban J connectivity index is 0.983. The zero-order valence-electron chi connectivity index (χ0n) is 31.8. The van der Waals surface area contributed by atoms with Crippen LogP contribution in [0.3, 0.4) is 0 Å². The number of para-hydroxylation sites is 1. The molecule has 0 saturated heterocycles. The van der Waals surface area contributed by atoms with Crippen LogP contribution in [-0.4, -0.2) is 0 Å². The molecule has 0 saturated carbocycles. The topological polar surface area (TPSA) is 13.1 Å². The Kier molecular flexibility index (Phi) is 6.21. The van der Waals surface area contributed by atoms with Crippen molar-refractivity contribution in [2.45, 2.75) is 57.8 Å². The van der Waals surface area contributed by atoms with Crippen LogP contribution in [0.5, 0.6) is 0 Å². The molecule has 1 aromatic heterocycles. The van der Waals surface area contributed by atoms with Gasteiger partial charge in [0.05, 0.1) is 0 Å². The summed E-state index contributed by atoms with van der Waals surface area (Å²) >= 11 is 0. The number of hydrogen-bond acceptors (Lipinski definition) is 1. The molecule has 0 atom stereocenters. The largest absolute Gasteiger partial charge is 0.456 e. The predicted octanol–water partition coefficient (Wildman–Crippen LogP) is 14.4. The molecular weight excluding hydrogens is 653 g/mol. The molecule has 11 rings (SSSR count). The maximum absolute atomic E-state index is 6.32. The van der Waals surface area contributed by atoms with Crippen LogP contribution in [0.4, 0.5) is 0 Å². The smallest absolute Gasteiger partial charge is 0.135 e. The van der Waals surface area contributed by atoms with Crippen molar-refractivity contribution < 1.29 is 4.42 Å². The van der Waals surface area contributed by atoms with Crippen molar-refractivity contribution in [3.05, 3.63) is 179 Å². The van der Waals surface area contributed by atoms with Gasteiger partial charge >= 0.3 is 0 Å². The van der Waals surface area contributed by atoms with Gasteiger partial charge in [-0.1, -0.05) is 139 Å². The molecule has 0 N–H and O–H groups in total. The summed E-state index contributed by atoms with van der Waals surface area (Å²) in [5, 5.41) is 1.14. The highest BCUT2D eigenvalue weighted by molar-refractivity contribution is 5.94. The van der Waals surface area contributed by atoms with Crippen LogP contribution in [0.1, 0.15) is 74.9 Å². The standard InChI is InChI=1S/C53H42O/c1-51(2)43-24-34(33-18-16-32(17-19-33)31-12-8-7-9-13-31)20-22-37(43)39-27-47-41(29-45(39)51)42-30-46-40(28-48(42)53(47,5)6)38-23-21-36(25-44(38)52(46,3)4)50-26-35-14-10-11-15-49(35)54-50/h7-30H,1-6H3. The molecule has 8 aromatic rings. The van der Waals surface area contributed by atoms with Crippen LogP contribution in [0.15, 0.2) is 150 Å². The van der Waals surface area contributed by atoms with E-state index in [9.17, 15) is 0 Å². The lowest BCUT2D eigenvalue weighted by atomic mass is 9.78. The Morgan fingerprint density at radius 3 is 1.24 bits per heavy atom. The molecule has 260 valence electrons. The van der Waals surface area contributed by atoms with Crippen LogP contribution in [0, 0.1) is 0 Å². The van der Waals surface area contributed by atoms with Gasteiger partial charge in [0.2, 0.25) is 0 Å². The minimum atomic E-state index is -0.142. The van der Waals surface area contributed by atoms with Crippen molar-refractivity contribution in [1.82, 2.24) is 0 Å². The Morgan fingerprint density at radius 2 is 0.704 bits per heavy atom. The van der Waals surface area contributed by atoms with Crippen LogP contribution < -0.4 is 0 Å². The van der Waals surface area contributed by atoms with E-state index in [0.29, 0.717) is 0 Å². The molecule has 54 heavy (non-hydrogen) atoms. The van der Waals surface area contributed by atoms with Crippen molar-refractivity contribution >= 4 is 11.0 Å². The van der Waals surface area contributed by atoms with Gasteiger partial charge in [-0.05, 0) is 138 Å².